The van der Waals surface area contributed by atoms with Gasteiger partial charge >= 0.3 is 0 Å². The van der Waals surface area contributed by atoms with Crippen LogP contribution in [0.3, 0.4) is 0 Å². The quantitative estimate of drug-likeness (QED) is 0.537. The maximum absolute atomic E-state index is 13.1. The Bertz CT molecular complexity index is 1280. The molecule has 0 saturated heterocycles. The largest absolute Gasteiger partial charge is 0.503 e. The molecule has 0 unspecified atom stereocenters. The van der Waals surface area contributed by atoms with Gasteiger partial charge in [-0.05, 0) is 17.7 Å². The first kappa shape index (κ1) is 24.6. The maximum Gasteiger partial charge on any atom is 0.274 e. The van der Waals surface area contributed by atoms with Crippen molar-refractivity contribution in [1.82, 2.24) is 24.8 Å². The molecule has 0 bridgehead atoms. The Morgan fingerprint density at radius 1 is 1.21 bits per heavy atom. The molecule has 4 rings (SSSR count). The van der Waals surface area contributed by atoms with E-state index in [0.717, 1.165) is 0 Å². The Hall–Kier alpha value is -3.99. The number of carbonyl (C=O) groups is 2. The summed E-state index contributed by atoms with van der Waals surface area (Å²) in [6.45, 7) is 0.664. The molecule has 10 nitrogen and oxygen atoms in total. The van der Waals surface area contributed by atoms with Gasteiger partial charge in [-0.25, -0.2) is 9.37 Å². The van der Waals surface area contributed by atoms with E-state index in [1.165, 1.54) is 41.1 Å². The fourth-order valence-electron chi connectivity index (χ4n) is 3.49. The van der Waals surface area contributed by atoms with Gasteiger partial charge in [0.1, 0.15) is 11.4 Å². The van der Waals surface area contributed by atoms with Crippen LogP contribution in [0.25, 0.3) is 0 Å². The van der Waals surface area contributed by atoms with Crippen LogP contribution in [-0.2, 0) is 19.6 Å². The summed E-state index contributed by atoms with van der Waals surface area (Å²) in [4.78, 5) is 47.7. The lowest BCUT2D eigenvalue weighted by atomic mass is 10.1. The number of nitrogens with zero attached hydrogens (tertiary/aromatic N) is 4. The lowest BCUT2D eigenvalue weighted by Crippen LogP contribution is -2.42. The highest BCUT2D eigenvalue weighted by Gasteiger charge is 2.30. The number of amides is 2. The zero-order chi connectivity index (χ0) is 23.5. The summed E-state index contributed by atoms with van der Waals surface area (Å²) in [7, 11) is 1.45. The molecule has 1 aliphatic rings. The number of ether oxygens (including phenoxy) is 1. The van der Waals surface area contributed by atoms with E-state index in [1.54, 1.807) is 18.2 Å². The second-order valence-electron chi connectivity index (χ2n) is 7.31. The van der Waals surface area contributed by atoms with Crippen molar-refractivity contribution in [3.63, 3.8) is 0 Å². The number of methoxy groups -OCH3 is 1. The summed E-state index contributed by atoms with van der Waals surface area (Å²) in [6, 6.07) is 7.26. The minimum absolute atomic E-state index is 0. The number of carbonyl (C=O) groups excluding carboxylic acids is 2. The number of rotatable bonds is 6. The van der Waals surface area contributed by atoms with Crippen molar-refractivity contribution in [2.24, 2.45) is 0 Å². The van der Waals surface area contributed by atoms with Crippen LogP contribution < -0.4 is 15.5 Å². The number of hydrogen-bond donors (Lipinski definition) is 2. The molecule has 2 N–H and O–H groups in total. The van der Waals surface area contributed by atoms with Crippen LogP contribution in [0.2, 0.25) is 0 Å². The molecule has 178 valence electrons. The third kappa shape index (κ3) is 4.99. The molecule has 0 radical (unpaired) electrons. The molecule has 2 amide bonds. The van der Waals surface area contributed by atoms with Gasteiger partial charge in [-0.1, -0.05) is 12.1 Å². The summed E-state index contributed by atoms with van der Waals surface area (Å²) in [6.07, 6.45) is 2.72. The molecular formula is C22H21ClFN5O5. The normalized spacial score (nSPS) is 12.5. The number of pyridine rings is 1. The van der Waals surface area contributed by atoms with Gasteiger partial charge in [0.05, 0.1) is 13.7 Å². The van der Waals surface area contributed by atoms with Crippen molar-refractivity contribution in [1.29, 1.82) is 0 Å². The van der Waals surface area contributed by atoms with Crippen LogP contribution in [0.5, 0.6) is 11.6 Å². The van der Waals surface area contributed by atoms with E-state index in [1.807, 2.05) is 0 Å². The standard InChI is InChI=1S/C22H20FN5O5.ClH/c1-33-17-6-7-24-16(26-17)10-25-21(31)15-12-27-8-9-28(11-13-2-4-14(23)5-3-13)22(32)18(27)20(30)19(15)29;/h2-7,12,30H,8-11H2,1H3,(H,25,31);1H. The number of halogens is 2. The zero-order valence-electron chi connectivity index (χ0n) is 18.0. The SMILES string of the molecule is COc1ccnc(CNC(=O)c2cn3c(c(O)c2=O)C(=O)N(Cc2ccc(F)cc2)CC3)n1.Cl. The molecule has 34 heavy (non-hydrogen) atoms. The predicted molar refractivity (Wildman–Crippen MR) is 121 cm³/mol. The molecule has 0 atom stereocenters. The second kappa shape index (κ2) is 10.3. The topological polar surface area (TPSA) is 127 Å². The Balaban J connectivity index is 0.00000324. The highest BCUT2D eigenvalue weighted by Crippen LogP contribution is 2.22. The van der Waals surface area contributed by atoms with Gasteiger partial charge in [-0.15, -0.1) is 12.4 Å². The van der Waals surface area contributed by atoms with Gasteiger partial charge in [-0.2, -0.15) is 4.98 Å². The third-order valence-electron chi connectivity index (χ3n) is 5.18. The fraction of sp³-hybridized carbons (Fsp3) is 0.227. The third-order valence-corrected chi connectivity index (χ3v) is 5.18. The monoisotopic (exact) mass is 489 g/mol. The van der Waals surface area contributed by atoms with Crippen LogP contribution in [0, 0.1) is 5.82 Å². The van der Waals surface area contributed by atoms with Crippen LogP contribution in [0.4, 0.5) is 4.39 Å². The molecule has 0 aliphatic carbocycles. The first-order valence-corrected chi connectivity index (χ1v) is 10.0. The molecular weight excluding hydrogens is 469 g/mol. The molecule has 0 spiro atoms. The highest BCUT2D eigenvalue weighted by atomic mass is 35.5. The van der Waals surface area contributed by atoms with Crippen molar-refractivity contribution in [3.8, 4) is 11.6 Å². The Labute approximate surface area is 199 Å². The lowest BCUT2D eigenvalue weighted by Gasteiger charge is -2.30. The molecule has 1 aliphatic heterocycles. The van der Waals surface area contributed by atoms with E-state index >= 15 is 0 Å². The molecule has 3 heterocycles. The average Bonchev–Trinajstić information content (AvgIpc) is 2.82. The second-order valence-corrected chi connectivity index (χ2v) is 7.31. The first-order valence-electron chi connectivity index (χ1n) is 10.0. The maximum atomic E-state index is 13.1. The average molecular weight is 490 g/mol. The van der Waals surface area contributed by atoms with E-state index in [2.05, 4.69) is 15.3 Å². The number of nitrogens with one attached hydrogen (secondary N) is 1. The van der Waals surface area contributed by atoms with Crippen LogP contribution in [0.15, 0.2) is 47.5 Å². The van der Waals surface area contributed by atoms with Crippen molar-refractivity contribution in [2.45, 2.75) is 19.6 Å². The Morgan fingerprint density at radius 2 is 1.94 bits per heavy atom. The van der Waals surface area contributed by atoms with Crippen molar-refractivity contribution >= 4 is 24.2 Å². The van der Waals surface area contributed by atoms with Crippen LogP contribution in [0.1, 0.15) is 32.2 Å². The lowest BCUT2D eigenvalue weighted by molar-refractivity contribution is 0.0681. The summed E-state index contributed by atoms with van der Waals surface area (Å²) < 4.78 is 19.5. The van der Waals surface area contributed by atoms with Crippen LogP contribution in [-0.4, -0.2) is 50.0 Å². The van der Waals surface area contributed by atoms with Gasteiger partial charge in [0.25, 0.3) is 11.8 Å². The van der Waals surface area contributed by atoms with Gasteiger partial charge in [0, 0.05) is 38.1 Å². The molecule has 0 saturated carbocycles. The summed E-state index contributed by atoms with van der Waals surface area (Å²) >= 11 is 0. The Kier molecular flexibility index (Phi) is 7.47. The van der Waals surface area contributed by atoms with E-state index in [9.17, 15) is 23.9 Å². The highest BCUT2D eigenvalue weighted by molar-refractivity contribution is 5.99. The fourth-order valence-corrected chi connectivity index (χ4v) is 3.49. The van der Waals surface area contributed by atoms with E-state index < -0.39 is 23.0 Å². The van der Waals surface area contributed by atoms with Crippen LogP contribution >= 0.6 is 12.4 Å². The van der Waals surface area contributed by atoms with E-state index in [-0.39, 0.29) is 61.5 Å². The number of aromatic nitrogens is 3. The number of benzene rings is 1. The molecule has 3 aromatic rings. The van der Waals surface area contributed by atoms with Gasteiger partial charge in [-0.3, -0.25) is 14.4 Å². The van der Waals surface area contributed by atoms with Crippen molar-refractivity contribution < 1.29 is 23.8 Å². The minimum Gasteiger partial charge on any atom is -0.503 e. The summed E-state index contributed by atoms with van der Waals surface area (Å²) in [5.41, 5.74) is -0.752. The van der Waals surface area contributed by atoms with Gasteiger partial charge < -0.3 is 24.6 Å². The van der Waals surface area contributed by atoms with Gasteiger partial charge in [0.2, 0.25) is 11.3 Å². The number of aromatic hydroxyl groups is 1. The molecule has 1 aromatic carbocycles. The molecule has 2 aromatic heterocycles. The number of fused-ring (bicyclic) bond motifs is 1. The van der Waals surface area contributed by atoms with Crippen molar-refractivity contribution in [3.05, 3.63) is 81.4 Å². The minimum atomic E-state index is -0.956. The van der Waals surface area contributed by atoms with Crippen molar-refractivity contribution in [2.75, 3.05) is 13.7 Å². The van der Waals surface area contributed by atoms with Gasteiger partial charge in [0.15, 0.2) is 17.3 Å². The molecule has 0 fully saturated rings. The summed E-state index contributed by atoms with van der Waals surface area (Å²) in [5, 5.41) is 13.0. The Morgan fingerprint density at radius 3 is 2.65 bits per heavy atom. The first-order chi connectivity index (χ1) is 15.9. The summed E-state index contributed by atoms with van der Waals surface area (Å²) in [5.74, 6) is -1.88. The predicted octanol–water partition coefficient (Wildman–Crippen LogP) is 1.50. The van der Waals surface area contributed by atoms with E-state index in [4.69, 9.17) is 4.74 Å². The molecule has 12 heteroatoms. The smallest absolute Gasteiger partial charge is 0.274 e. The van der Waals surface area contributed by atoms with E-state index in [0.29, 0.717) is 11.4 Å². The number of hydrogen-bond acceptors (Lipinski definition) is 7. The zero-order valence-corrected chi connectivity index (χ0v) is 18.8.